The summed E-state index contributed by atoms with van der Waals surface area (Å²) < 4.78 is 5.24. The van der Waals surface area contributed by atoms with Gasteiger partial charge < -0.3 is 9.73 Å². The molecule has 108 valence electrons. The molecule has 0 saturated heterocycles. The van der Waals surface area contributed by atoms with Gasteiger partial charge in [0.05, 0.1) is 18.6 Å². The second-order valence-corrected chi connectivity index (χ2v) is 5.98. The van der Waals surface area contributed by atoms with E-state index in [0.29, 0.717) is 11.8 Å². The summed E-state index contributed by atoms with van der Waals surface area (Å²) in [4.78, 5) is 0. The highest BCUT2D eigenvalue weighted by molar-refractivity contribution is 5.41. The van der Waals surface area contributed by atoms with Crippen molar-refractivity contribution in [2.75, 3.05) is 7.05 Å². The third-order valence-corrected chi connectivity index (χ3v) is 3.88. The van der Waals surface area contributed by atoms with E-state index in [1.807, 2.05) is 19.4 Å². The molecule has 1 aromatic carbocycles. The lowest BCUT2D eigenvalue weighted by molar-refractivity contribution is 0.556. The van der Waals surface area contributed by atoms with Gasteiger partial charge in [-0.05, 0) is 41.6 Å². The highest BCUT2D eigenvalue weighted by atomic mass is 16.3. The number of nitrogens with one attached hydrogen (secondary N) is 1. The Balaban J connectivity index is 2.49. The summed E-state index contributed by atoms with van der Waals surface area (Å²) in [6.45, 7) is 8.99. The predicted molar refractivity (Wildman–Crippen MR) is 84.2 cm³/mol. The maximum absolute atomic E-state index is 5.24. The fraction of sp³-hybridized carbons (Fsp3) is 0.444. The number of hydrogen-bond donors (Lipinski definition) is 1. The Morgan fingerprint density at radius 3 is 2.15 bits per heavy atom. The summed E-state index contributed by atoms with van der Waals surface area (Å²) in [5, 5.41) is 3.40. The lowest BCUT2D eigenvalue weighted by Gasteiger charge is -2.22. The smallest absolute Gasteiger partial charge is 0.0953 e. The molecule has 0 aliphatic carbocycles. The fourth-order valence-corrected chi connectivity index (χ4v) is 2.66. The first-order chi connectivity index (χ1) is 9.54. The van der Waals surface area contributed by atoms with E-state index in [1.165, 1.54) is 22.3 Å². The average molecular weight is 271 g/mol. The minimum Gasteiger partial charge on any atom is -0.472 e. The van der Waals surface area contributed by atoms with Gasteiger partial charge in [0.25, 0.3) is 0 Å². The zero-order valence-electron chi connectivity index (χ0n) is 13.1. The predicted octanol–water partition coefficient (Wildman–Crippen LogP) is 4.84. The molecule has 0 aliphatic rings. The number of rotatable bonds is 5. The van der Waals surface area contributed by atoms with E-state index in [9.17, 15) is 0 Å². The Bertz CT molecular complexity index is 541. The molecule has 2 aromatic rings. The lowest BCUT2D eigenvalue weighted by Crippen LogP contribution is -2.19. The molecule has 0 radical (unpaired) electrons. The zero-order valence-corrected chi connectivity index (χ0v) is 13.1. The van der Waals surface area contributed by atoms with Crippen LogP contribution in [0.2, 0.25) is 0 Å². The van der Waals surface area contributed by atoms with Crippen molar-refractivity contribution < 1.29 is 4.42 Å². The lowest BCUT2D eigenvalue weighted by atomic mass is 9.87. The summed E-state index contributed by atoms with van der Waals surface area (Å²) >= 11 is 0. The number of furan rings is 1. The molecule has 1 heterocycles. The van der Waals surface area contributed by atoms with E-state index in [1.54, 1.807) is 6.26 Å². The van der Waals surface area contributed by atoms with Gasteiger partial charge in [0.15, 0.2) is 0 Å². The summed E-state index contributed by atoms with van der Waals surface area (Å²) in [6, 6.07) is 9.08. The van der Waals surface area contributed by atoms with Crippen LogP contribution in [0.3, 0.4) is 0 Å². The highest BCUT2D eigenvalue weighted by Gasteiger charge is 2.19. The second kappa shape index (κ2) is 6.27. The standard InChI is InChI=1S/C18H25NO/c1-12(2)14-6-7-16(17(10-14)13(3)4)18(19-5)15-8-9-20-11-15/h6-13,18-19H,1-5H3. The van der Waals surface area contributed by atoms with Crippen molar-refractivity contribution >= 4 is 0 Å². The van der Waals surface area contributed by atoms with Gasteiger partial charge in [0.2, 0.25) is 0 Å². The number of benzene rings is 1. The summed E-state index contributed by atoms with van der Waals surface area (Å²) in [6.07, 6.45) is 3.55. The molecule has 1 aromatic heterocycles. The third-order valence-electron chi connectivity index (χ3n) is 3.88. The van der Waals surface area contributed by atoms with Gasteiger partial charge in [-0.2, -0.15) is 0 Å². The molecule has 0 aliphatic heterocycles. The SMILES string of the molecule is CNC(c1ccoc1)c1ccc(C(C)C)cc1C(C)C. The Kier molecular flexibility index (Phi) is 4.66. The van der Waals surface area contributed by atoms with Crippen molar-refractivity contribution in [2.45, 2.75) is 45.6 Å². The fourth-order valence-electron chi connectivity index (χ4n) is 2.66. The quantitative estimate of drug-likeness (QED) is 0.842. The van der Waals surface area contributed by atoms with E-state index >= 15 is 0 Å². The summed E-state index contributed by atoms with van der Waals surface area (Å²) in [5.74, 6) is 1.06. The molecule has 0 bridgehead atoms. The molecule has 0 fully saturated rings. The molecule has 20 heavy (non-hydrogen) atoms. The molecule has 0 amide bonds. The van der Waals surface area contributed by atoms with Crippen LogP contribution in [0.15, 0.2) is 41.2 Å². The molecule has 1 unspecified atom stereocenters. The first kappa shape index (κ1) is 14.9. The van der Waals surface area contributed by atoms with E-state index in [0.717, 1.165) is 0 Å². The van der Waals surface area contributed by atoms with E-state index in [2.05, 4.69) is 51.2 Å². The molecule has 2 heteroatoms. The molecule has 2 nitrogen and oxygen atoms in total. The van der Waals surface area contributed by atoms with Crippen LogP contribution in [0.5, 0.6) is 0 Å². The number of hydrogen-bond acceptors (Lipinski definition) is 2. The highest BCUT2D eigenvalue weighted by Crippen LogP contribution is 2.32. The molecule has 2 rings (SSSR count). The van der Waals surface area contributed by atoms with Crippen LogP contribution in [0.4, 0.5) is 0 Å². The van der Waals surface area contributed by atoms with Gasteiger partial charge in [-0.25, -0.2) is 0 Å². The van der Waals surface area contributed by atoms with Gasteiger partial charge in [-0.1, -0.05) is 45.9 Å². The topological polar surface area (TPSA) is 25.2 Å². The molecular weight excluding hydrogens is 246 g/mol. The Morgan fingerprint density at radius 1 is 0.900 bits per heavy atom. The zero-order chi connectivity index (χ0) is 14.7. The van der Waals surface area contributed by atoms with Crippen LogP contribution in [0.25, 0.3) is 0 Å². The minimum atomic E-state index is 0.187. The van der Waals surface area contributed by atoms with Crippen LogP contribution >= 0.6 is 0 Å². The largest absolute Gasteiger partial charge is 0.472 e. The van der Waals surface area contributed by atoms with Crippen LogP contribution in [0.1, 0.15) is 67.8 Å². The third kappa shape index (κ3) is 2.96. The van der Waals surface area contributed by atoms with Crippen LogP contribution in [0, 0.1) is 0 Å². The van der Waals surface area contributed by atoms with Gasteiger partial charge in [0.1, 0.15) is 0 Å². The molecular formula is C18H25NO. The van der Waals surface area contributed by atoms with Gasteiger partial charge in [0, 0.05) is 5.56 Å². The second-order valence-electron chi connectivity index (χ2n) is 5.98. The monoisotopic (exact) mass is 271 g/mol. The van der Waals surface area contributed by atoms with Crippen molar-refractivity contribution in [3.8, 4) is 0 Å². The van der Waals surface area contributed by atoms with Gasteiger partial charge in [-0.15, -0.1) is 0 Å². The van der Waals surface area contributed by atoms with Crippen LogP contribution in [-0.4, -0.2) is 7.05 Å². The van der Waals surface area contributed by atoms with Gasteiger partial charge in [-0.3, -0.25) is 0 Å². The van der Waals surface area contributed by atoms with Crippen LogP contribution in [-0.2, 0) is 0 Å². The Labute approximate surface area is 122 Å². The first-order valence-corrected chi connectivity index (χ1v) is 7.37. The van der Waals surface area contributed by atoms with Gasteiger partial charge >= 0.3 is 0 Å². The van der Waals surface area contributed by atoms with Crippen molar-refractivity contribution in [3.63, 3.8) is 0 Å². The van der Waals surface area contributed by atoms with E-state index < -0.39 is 0 Å². The van der Waals surface area contributed by atoms with E-state index in [4.69, 9.17) is 4.42 Å². The molecule has 1 N–H and O–H groups in total. The van der Waals surface area contributed by atoms with Crippen molar-refractivity contribution in [2.24, 2.45) is 0 Å². The van der Waals surface area contributed by atoms with E-state index in [-0.39, 0.29) is 6.04 Å². The molecule has 1 atom stereocenters. The maximum Gasteiger partial charge on any atom is 0.0953 e. The van der Waals surface area contributed by atoms with Crippen LogP contribution < -0.4 is 5.32 Å². The van der Waals surface area contributed by atoms with Crippen molar-refractivity contribution in [1.29, 1.82) is 0 Å². The molecule has 0 spiro atoms. The Morgan fingerprint density at radius 2 is 1.65 bits per heavy atom. The summed E-state index contributed by atoms with van der Waals surface area (Å²) in [7, 11) is 2.00. The first-order valence-electron chi connectivity index (χ1n) is 7.37. The van der Waals surface area contributed by atoms with Crippen molar-refractivity contribution in [1.82, 2.24) is 5.32 Å². The minimum absolute atomic E-state index is 0.187. The normalized spacial score (nSPS) is 13.2. The average Bonchev–Trinajstić information content (AvgIpc) is 2.93. The van der Waals surface area contributed by atoms with Crippen molar-refractivity contribution in [3.05, 3.63) is 59.0 Å². The molecule has 0 saturated carbocycles. The Hall–Kier alpha value is -1.54. The summed E-state index contributed by atoms with van der Waals surface area (Å²) in [5.41, 5.74) is 5.33. The maximum atomic E-state index is 5.24.